The molecule has 1 aliphatic heterocycles. The second kappa shape index (κ2) is 6.21. The number of carbonyl (C=O) groups excluding carboxylic acids is 1. The molecule has 0 saturated carbocycles. The smallest absolute Gasteiger partial charge is 0.254 e. The summed E-state index contributed by atoms with van der Waals surface area (Å²) < 4.78 is 26.9. The molecule has 25 heavy (non-hydrogen) atoms. The van der Waals surface area contributed by atoms with Crippen molar-refractivity contribution in [3.63, 3.8) is 0 Å². The molecule has 3 aromatic rings. The number of H-pyrrole nitrogens is 1. The molecule has 1 saturated heterocycles. The molecule has 10 heteroatoms. The van der Waals surface area contributed by atoms with Crippen molar-refractivity contribution >= 4 is 38.3 Å². The minimum absolute atomic E-state index is 0.137. The molecule has 0 aliphatic carbocycles. The predicted molar refractivity (Wildman–Crippen MR) is 92.9 cm³/mol. The quantitative estimate of drug-likeness (QED) is 0.739. The van der Waals surface area contributed by atoms with E-state index in [-0.39, 0.29) is 19.0 Å². The number of carbonyl (C=O) groups is 1. The number of nitrogens with zero attached hydrogens (tertiary/aromatic N) is 4. The van der Waals surface area contributed by atoms with Gasteiger partial charge in [0.2, 0.25) is 0 Å². The van der Waals surface area contributed by atoms with Gasteiger partial charge in [-0.3, -0.25) is 9.89 Å². The number of nitrogens with one attached hydrogen (secondary N) is 1. The van der Waals surface area contributed by atoms with Crippen LogP contribution in [0, 0.1) is 0 Å². The van der Waals surface area contributed by atoms with Gasteiger partial charge in [0.1, 0.15) is 4.21 Å². The van der Waals surface area contributed by atoms with Crippen LogP contribution >= 0.6 is 11.3 Å². The third-order valence-electron chi connectivity index (χ3n) is 4.20. The van der Waals surface area contributed by atoms with Gasteiger partial charge in [-0.25, -0.2) is 13.4 Å². The normalized spacial score (nSPS) is 16.4. The van der Waals surface area contributed by atoms with Crippen molar-refractivity contribution in [3.05, 3.63) is 41.5 Å². The summed E-state index contributed by atoms with van der Waals surface area (Å²) in [7, 11) is -3.47. The summed E-state index contributed by atoms with van der Waals surface area (Å²) in [6, 6.07) is 4.98. The fourth-order valence-electron chi connectivity index (χ4n) is 2.88. The first-order chi connectivity index (χ1) is 12.1. The summed E-state index contributed by atoms with van der Waals surface area (Å²) in [5, 5.41) is 9.07. The topological polar surface area (TPSA) is 99.3 Å². The van der Waals surface area contributed by atoms with Crippen LogP contribution in [0.1, 0.15) is 10.4 Å². The van der Waals surface area contributed by atoms with Crippen LogP contribution in [0.25, 0.3) is 11.0 Å². The Labute approximate surface area is 148 Å². The van der Waals surface area contributed by atoms with Crippen LogP contribution in [-0.2, 0) is 10.0 Å². The van der Waals surface area contributed by atoms with E-state index in [1.807, 2.05) is 0 Å². The maximum atomic E-state index is 12.8. The minimum atomic E-state index is -3.47. The molecule has 130 valence electrons. The summed E-state index contributed by atoms with van der Waals surface area (Å²) in [4.78, 5) is 18.6. The fraction of sp³-hybridized carbons (Fsp3) is 0.267. The van der Waals surface area contributed by atoms with Gasteiger partial charge in [0.05, 0.1) is 17.1 Å². The van der Waals surface area contributed by atoms with Crippen molar-refractivity contribution in [1.82, 2.24) is 24.4 Å². The van der Waals surface area contributed by atoms with Crippen molar-refractivity contribution in [2.75, 3.05) is 26.2 Å². The van der Waals surface area contributed by atoms with E-state index < -0.39 is 10.0 Å². The summed E-state index contributed by atoms with van der Waals surface area (Å²) >= 11 is 1.20. The maximum Gasteiger partial charge on any atom is 0.254 e. The average Bonchev–Trinajstić information content (AvgIpc) is 3.32. The largest absolute Gasteiger partial charge is 0.336 e. The van der Waals surface area contributed by atoms with Crippen LogP contribution in [0.3, 0.4) is 0 Å². The summed E-state index contributed by atoms with van der Waals surface area (Å²) in [5.41, 5.74) is 1.08. The Morgan fingerprint density at radius 3 is 2.72 bits per heavy atom. The van der Waals surface area contributed by atoms with E-state index in [9.17, 15) is 13.2 Å². The first-order valence-electron chi connectivity index (χ1n) is 7.68. The molecule has 0 unspecified atom stereocenters. The van der Waals surface area contributed by atoms with Crippen molar-refractivity contribution in [1.29, 1.82) is 0 Å². The first kappa shape index (κ1) is 16.2. The number of hydrogen-bond donors (Lipinski definition) is 1. The number of thiophene rings is 1. The Bertz CT molecular complexity index is 1000. The first-order valence-corrected chi connectivity index (χ1v) is 10.0. The lowest BCUT2D eigenvalue weighted by Crippen LogP contribution is -2.50. The molecule has 0 radical (unpaired) electrons. The Balaban J connectivity index is 1.51. The Hall–Kier alpha value is -2.30. The summed E-state index contributed by atoms with van der Waals surface area (Å²) in [6.07, 6.45) is 3.14. The Kier molecular flexibility index (Phi) is 4.02. The highest BCUT2D eigenvalue weighted by Gasteiger charge is 2.31. The molecule has 0 atom stereocenters. The molecule has 4 heterocycles. The lowest BCUT2D eigenvalue weighted by atomic mass is 10.1. The van der Waals surface area contributed by atoms with Crippen LogP contribution in [0.2, 0.25) is 0 Å². The zero-order valence-corrected chi connectivity index (χ0v) is 14.8. The lowest BCUT2D eigenvalue weighted by molar-refractivity contribution is 0.0700. The molecule has 1 amide bonds. The van der Waals surface area contributed by atoms with E-state index >= 15 is 0 Å². The number of rotatable bonds is 3. The number of piperazine rings is 1. The van der Waals surface area contributed by atoms with Crippen molar-refractivity contribution in [2.24, 2.45) is 0 Å². The van der Waals surface area contributed by atoms with E-state index in [1.165, 1.54) is 15.6 Å². The highest BCUT2D eigenvalue weighted by atomic mass is 32.2. The number of sulfonamides is 1. The third kappa shape index (κ3) is 2.81. The second-order valence-electron chi connectivity index (χ2n) is 5.62. The number of hydrogen-bond acceptors (Lipinski definition) is 6. The Morgan fingerprint density at radius 2 is 2.00 bits per heavy atom. The van der Waals surface area contributed by atoms with E-state index in [2.05, 4.69) is 15.2 Å². The van der Waals surface area contributed by atoms with Gasteiger partial charge in [-0.1, -0.05) is 6.07 Å². The average molecular weight is 377 g/mol. The maximum absolute atomic E-state index is 12.8. The van der Waals surface area contributed by atoms with Crippen LogP contribution in [0.15, 0.2) is 40.2 Å². The monoisotopic (exact) mass is 377 g/mol. The Morgan fingerprint density at radius 1 is 1.20 bits per heavy atom. The molecular weight excluding hydrogens is 362 g/mol. The van der Waals surface area contributed by atoms with Crippen molar-refractivity contribution in [3.8, 4) is 0 Å². The van der Waals surface area contributed by atoms with Gasteiger partial charge < -0.3 is 4.90 Å². The second-order valence-corrected chi connectivity index (χ2v) is 8.73. The van der Waals surface area contributed by atoms with Gasteiger partial charge in [0, 0.05) is 32.4 Å². The summed E-state index contributed by atoms with van der Waals surface area (Å²) in [6.45, 7) is 1.27. The number of fused-ring (bicyclic) bond motifs is 1. The molecule has 0 bridgehead atoms. The van der Waals surface area contributed by atoms with E-state index in [4.69, 9.17) is 0 Å². The molecule has 1 N–H and O–H groups in total. The van der Waals surface area contributed by atoms with Gasteiger partial charge in [-0.2, -0.15) is 9.40 Å². The van der Waals surface area contributed by atoms with Gasteiger partial charge in [-0.05, 0) is 17.5 Å². The molecule has 4 rings (SSSR count). The number of aromatic amines is 1. The van der Waals surface area contributed by atoms with E-state index in [0.29, 0.717) is 33.9 Å². The fourth-order valence-corrected chi connectivity index (χ4v) is 5.44. The van der Waals surface area contributed by atoms with Gasteiger partial charge in [0.15, 0.2) is 5.65 Å². The molecule has 3 aromatic heterocycles. The lowest BCUT2D eigenvalue weighted by Gasteiger charge is -2.33. The molecule has 0 aromatic carbocycles. The third-order valence-corrected chi connectivity index (χ3v) is 7.47. The van der Waals surface area contributed by atoms with Gasteiger partial charge >= 0.3 is 0 Å². The minimum Gasteiger partial charge on any atom is -0.336 e. The standard InChI is InChI=1S/C15H15N5O3S2/c21-15(11-3-4-16-14-12(11)10-17-18-14)19-5-7-20(8-6-19)25(22,23)13-2-1-9-24-13/h1-4,9-10H,5-8H2,(H,16,17,18). The van der Waals surface area contributed by atoms with Crippen LogP contribution in [0.5, 0.6) is 0 Å². The van der Waals surface area contributed by atoms with Crippen LogP contribution in [0.4, 0.5) is 0 Å². The van der Waals surface area contributed by atoms with E-state index in [1.54, 1.807) is 40.9 Å². The van der Waals surface area contributed by atoms with Gasteiger partial charge in [-0.15, -0.1) is 11.3 Å². The van der Waals surface area contributed by atoms with Crippen LogP contribution in [-0.4, -0.2) is 64.9 Å². The molecule has 1 fully saturated rings. The van der Waals surface area contributed by atoms with Crippen molar-refractivity contribution in [2.45, 2.75) is 4.21 Å². The number of aromatic nitrogens is 3. The zero-order chi connectivity index (χ0) is 17.4. The zero-order valence-electron chi connectivity index (χ0n) is 13.1. The van der Waals surface area contributed by atoms with E-state index in [0.717, 1.165) is 0 Å². The van der Waals surface area contributed by atoms with Gasteiger partial charge in [0.25, 0.3) is 15.9 Å². The SMILES string of the molecule is O=C(c1ccnc2[nH]ncc12)N1CCN(S(=O)(=O)c2cccs2)CC1. The predicted octanol–water partition coefficient (Wildman–Crippen LogP) is 1.17. The molecular formula is C15H15N5O3S2. The highest BCUT2D eigenvalue weighted by molar-refractivity contribution is 7.91. The molecule has 8 nitrogen and oxygen atoms in total. The molecule has 1 aliphatic rings. The highest BCUT2D eigenvalue weighted by Crippen LogP contribution is 2.23. The van der Waals surface area contributed by atoms with Crippen molar-refractivity contribution < 1.29 is 13.2 Å². The number of amides is 1. The van der Waals surface area contributed by atoms with Crippen LogP contribution < -0.4 is 0 Å². The molecule has 0 spiro atoms. The summed E-state index contributed by atoms with van der Waals surface area (Å²) in [5.74, 6) is -0.137. The number of pyridine rings is 1.